The van der Waals surface area contributed by atoms with Crippen LogP contribution in [0.4, 0.5) is 0 Å². The Morgan fingerprint density at radius 1 is 0.808 bits per heavy atom. The third-order valence-electron chi connectivity index (χ3n) is 4.79. The minimum atomic E-state index is -2.88. The number of thioether (sulfide) groups is 1. The van der Waals surface area contributed by atoms with Crippen LogP contribution in [0.2, 0.25) is 0 Å². The molecule has 1 aliphatic rings. The van der Waals surface area contributed by atoms with Crippen LogP contribution in [-0.4, -0.2) is 17.7 Å². The van der Waals surface area contributed by atoms with Crippen molar-refractivity contribution in [3.05, 3.63) is 90.5 Å². The minimum Gasteiger partial charge on any atom is -0.314 e. The van der Waals surface area contributed by atoms with E-state index >= 15 is 0 Å². The topological polar surface area (TPSA) is 34.1 Å². The molecule has 2 nitrogen and oxygen atoms in total. The lowest BCUT2D eigenvalue weighted by molar-refractivity contribution is 0.0937. The number of ketones is 1. The number of carbonyl (C=O) groups is 1. The van der Waals surface area contributed by atoms with Gasteiger partial charge in [-0.2, -0.15) is 0 Å². The van der Waals surface area contributed by atoms with Crippen molar-refractivity contribution in [2.24, 2.45) is 5.92 Å². The molecule has 0 unspecified atom stereocenters. The molecule has 0 bridgehead atoms. The number of rotatable bonds is 4. The standard InChI is InChI=1S/C22H19O2PS/c23-22-17(16-26-21-14-8-7-13-20(21)22)15-25(24,18-9-3-1-4-10-18)19-11-5-2-6-12-19/h1-14,17H,15-16H2/t17-/m1/s1. The molecule has 3 aromatic carbocycles. The van der Waals surface area contributed by atoms with E-state index in [0.29, 0.717) is 11.9 Å². The van der Waals surface area contributed by atoms with Crippen LogP contribution in [-0.2, 0) is 4.57 Å². The largest absolute Gasteiger partial charge is 0.314 e. The maximum Gasteiger partial charge on any atom is 0.168 e. The highest BCUT2D eigenvalue weighted by atomic mass is 32.2. The summed E-state index contributed by atoms with van der Waals surface area (Å²) in [5.41, 5.74) is 0.765. The van der Waals surface area contributed by atoms with Crippen molar-refractivity contribution in [1.29, 1.82) is 0 Å². The first kappa shape index (κ1) is 17.3. The van der Waals surface area contributed by atoms with Gasteiger partial charge in [0, 0.05) is 38.9 Å². The summed E-state index contributed by atoms with van der Waals surface area (Å²) in [5.74, 6) is 0.562. The van der Waals surface area contributed by atoms with Crippen LogP contribution in [0.25, 0.3) is 0 Å². The lowest BCUT2D eigenvalue weighted by Gasteiger charge is -2.27. The van der Waals surface area contributed by atoms with Crippen LogP contribution in [0.15, 0.2) is 89.8 Å². The molecular formula is C22H19O2PS. The van der Waals surface area contributed by atoms with E-state index in [1.165, 1.54) is 0 Å². The Hall–Kier alpha value is -2.09. The monoisotopic (exact) mass is 378 g/mol. The quantitative estimate of drug-likeness (QED) is 0.622. The van der Waals surface area contributed by atoms with Gasteiger partial charge in [-0.05, 0) is 6.07 Å². The van der Waals surface area contributed by atoms with Crippen molar-refractivity contribution in [3.63, 3.8) is 0 Å². The van der Waals surface area contributed by atoms with Crippen LogP contribution in [0.1, 0.15) is 10.4 Å². The lowest BCUT2D eigenvalue weighted by atomic mass is 10.0. The molecule has 1 aliphatic heterocycles. The highest BCUT2D eigenvalue weighted by Gasteiger charge is 2.36. The summed E-state index contributed by atoms with van der Waals surface area (Å²) in [6.07, 6.45) is 0.376. The minimum absolute atomic E-state index is 0.117. The normalized spacial score (nSPS) is 16.9. The van der Waals surface area contributed by atoms with Crippen molar-refractivity contribution in [3.8, 4) is 0 Å². The van der Waals surface area contributed by atoms with Crippen molar-refractivity contribution in [2.45, 2.75) is 4.90 Å². The second-order valence-electron chi connectivity index (χ2n) is 6.46. The van der Waals surface area contributed by atoms with Crippen molar-refractivity contribution in [2.75, 3.05) is 11.9 Å². The number of fused-ring (bicyclic) bond motifs is 1. The fraction of sp³-hybridized carbons (Fsp3) is 0.136. The molecule has 1 atom stereocenters. The molecule has 0 saturated heterocycles. The molecule has 0 aliphatic carbocycles. The SMILES string of the molecule is O=C1c2ccccc2SC[C@H]1CP(=O)(c1ccccc1)c1ccccc1. The average molecular weight is 378 g/mol. The second-order valence-corrected chi connectivity index (χ2v) is 10.4. The van der Waals surface area contributed by atoms with Gasteiger partial charge in [-0.3, -0.25) is 4.79 Å². The zero-order valence-electron chi connectivity index (χ0n) is 14.2. The Bertz CT molecular complexity index is 926. The summed E-state index contributed by atoms with van der Waals surface area (Å²) in [6.45, 7) is 0. The molecule has 130 valence electrons. The predicted molar refractivity (Wildman–Crippen MR) is 110 cm³/mol. The zero-order chi connectivity index (χ0) is 18.0. The number of benzene rings is 3. The maximum absolute atomic E-state index is 14.2. The van der Waals surface area contributed by atoms with Crippen molar-refractivity contribution >= 4 is 35.3 Å². The summed E-state index contributed by atoms with van der Waals surface area (Å²) in [5, 5.41) is 1.64. The molecule has 0 saturated carbocycles. The Balaban J connectivity index is 1.73. The Kier molecular flexibility index (Phi) is 4.84. The van der Waals surface area contributed by atoms with Gasteiger partial charge in [-0.15, -0.1) is 11.8 Å². The highest BCUT2D eigenvalue weighted by molar-refractivity contribution is 7.99. The molecule has 1 heterocycles. The summed E-state index contributed by atoms with van der Waals surface area (Å²) < 4.78 is 14.2. The first-order chi connectivity index (χ1) is 12.7. The molecule has 0 fully saturated rings. The number of Topliss-reactive ketones (excluding diaryl/α,β-unsaturated/α-hetero) is 1. The molecule has 3 aromatic rings. The second kappa shape index (κ2) is 7.26. The Morgan fingerprint density at radius 3 is 1.96 bits per heavy atom. The van der Waals surface area contributed by atoms with E-state index in [1.54, 1.807) is 11.8 Å². The molecule has 0 spiro atoms. The maximum atomic E-state index is 14.2. The first-order valence-electron chi connectivity index (χ1n) is 8.65. The molecule has 26 heavy (non-hydrogen) atoms. The summed E-state index contributed by atoms with van der Waals surface area (Å²) in [6, 6.07) is 26.9. The van der Waals surface area contributed by atoms with Gasteiger partial charge in [-0.1, -0.05) is 78.9 Å². The highest BCUT2D eigenvalue weighted by Crippen LogP contribution is 2.47. The lowest BCUT2D eigenvalue weighted by Crippen LogP contribution is -2.30. The Labute approximate surface area is 158 Å². The molecule has 0 radical (unpaired) electrons. The molecule has 4 rings (SSSR count). The van der Waals surface area contributed by atoms with Crippen LogP contribution < -0.4 is 10.6 Å². The number of hydrogen-bond acceptors (Lipinski definition) is 3. The molecule has 0 N–H and O–H groups in total. The van der Waals surface area contributed by atoms with E-state index in [-0.39, 0.29) is 11.7 Å². The first-order valence-corrected chi connectivity index (χ1v) is 11.5. The van der Waals surface area contributed by atoms with Gasteiger partial charge in [0.05, 0.1) is 0 Å². The van der Waals surface area contributed by atoms with Gasteiger partial charge in [0.2, 0.25) is 0 Å². The smallest absolute Gasteiger partial charge is 0.168 e. The van der Waals surface area contributed by atoms with Crippen molar-refractivity contribution in [1.82, 2.24) is 0 Å². The fourth-order valence-electron chi connectivity index (χ4n) is 3.43. The third kappa shape index (κ3) is 3.18. The molecule has 4 heteroatoms. The van der Waals surface area contributed by atoms with E-state index < -0.39 is 7.14 Å². The van der Waals surface area contributed by atoms with Gasteiger partial charge >= 0.3 is 0 Å². The average Bonchev–Trinajstić information content (AvgIpc) is 2.71. The molecule has 0 amide bonds. The van der Waals surface area contributed by atoms with Crippen LogP contribution >= 0.6 is 18.9 Å². The van der Waals surface area contributed by atoms with E-state index in [2.05, 4.69) is 0 Å². The number of carbonyl (C=O) groups excluding carboxylic acids is 1. The Morgan fingerprint density at radius 2 is 1.35 bits per heavy atom. The van der Waals surface area contributed by atoms with Gasteiger partial charge in [0.1, 0.15) is 7.14 Å². The van der Waals surface area contributed by atoms with Gasteiger partial charge in [-0.25, -0.2) is 0 Å². The van der Waals surface area contributed by atoms with E-state index in [1.807, 2.05) is 84.9 Å². The van der Waals surface area contributed by atoms with Gasteiger partial charge in [0.15, 0.2) is 5.78 Å². The molecule has 0 aromatic heterocycles. The van der Waals surface area contributed by atoms with Gasteiger partial charge in [0.25, 0.3) is 0 Å². The predicted octanol–water partition coefficient (Wildman–Crippen LogP) is 4.61. The van der Waals surface area contributed by atoms with Gasteiger partial charge < -0.3 is 4.57 Å². The van der Waals surface area contributed by atoms with Crippen LogP contribution in [0.3, 0.4) is 0 Å². The third-order valence-corrected chi connectivity index (χ3v) is 9.24. The number of hydrogen-bond donors (Lipinski definition) is 0. The van der Waals surface area contributed by atoms with Crippen LogP contribution in [0, 0.1) is 5.92 Å². The van der Waals surface area contributed by atoms with Crippen LogP contribution in [0.5, 0.6) is 0 Å². The van der Waals surface area contributed by atoms with E-state index in [0.717, 1.165) is 21.1 Å². The van der Waals surface area contributed by atoms with E-state index in [4.69, 9.17) is 0 Å². The fourth-order valence-corrected chi connectivity index (χ4v) is 7.69. The molecular weight excluding hydrogens is 359 g/mol. The summed E-state index contributed by atoms with van der Waals surface area (Å²) >= 11 is 1.69. The van der Waals surface area contributed by atoms with E-state index in [9.17, 15) is 9.36 Å². The summed E-state index contributed by atoms with van der Waals surface area (Å²) in [7, 11) is -2.88. The zero-order valence-corrected chi connectivity index (χ0v) is 16.0. The van der Waals surface area contributed by atoms with Crippen molar-refractivity contribution < 1.29 is 9.36 Å². The summed E-state index contributed by atoms with van der Waals surface area (Å²) in [4.78, 5) is 14.1.